The summed E-state index contributed by atoms with van der Waals surface area (Å²) in [6.45, 7) is 7.76. The molecule has 2 aromatic heterocycles. The number of thiazole rings is 1. The molecule has 0 bridgehead atoms. The highest BCUT2D eigenvalue weighted by molar-refractivity contribution is 7.15. The number of nitrogens with zero attached hydrogens (tertiary/aromatic N) is 3. The summed E-state index contributed by atoms with van der Waals surface area (Å²) in [5.74, 6) is 0.771. The second-order valence-corrected chi connectivity index (χ2v) is 6.85. The fourth-order valence-corrected chi connectivity index (χ4v) is 3.86. The highest BCUT2D eigenvalue weighted by atomic mass is 32.1. The third kappa shape index (κ3) is 2.42. The first-order valence-electron chi connectivity index (χ1n) is 6.68. The predicted molar refractivity (Wildman–Crippen MR) is 76.0 cm³/mol. The molecule has 1 unspecified atom stereocenters. The van der Waals surface area contributed by atoms with Crippen LogP contribution in [0.1, 0.15) is 43.8 Å². The number of hydrogen-bond donors (Lipinski definition) is 2. The molecule has 1 aliphatic carbocycles. The van der Waals surface area contributed by atoms with E-state index in [1.807, 2.05) is 0 Å². The average Bonchev–Trinajstić information content (AvgIpc) is 2.94. The maximum atomic E-state index is 4.77. The van der Waals surface area contributed by atoms with Gasteiger partial charge in [-0.25, -0.2) is 9.97 Å². The Labute approximate surface area is 116 Å². The van der Waals surface area contributed by atoms with E-state index in [1.165, 1.54) is 16.9 Å². The van der Waals surface area contributed by atoms with Crippen molar-refractivity contribution >= 4 is 11.3 Å². The van der Waals surface area contributed by atoms with Gasteiger partial charge < -0.3 is 5.32 Å². The van der Waals surface area contributed by atoms with Crippen LogP contribution in [0.5, 0.6) is 0 Å². The van der Waals surface area contributed by atoms with Crippen LogP contribution in [-0.2, 0) is 6.42 Å². The first-order valence-corrected chi connectivity index (χ1v) is 7.49. The van der Waals surface area contributed by atoms with Crippen molar-refractivity contribution in [2.45, 2.75) is 39.7 Å². The molecule has 2 N–H and O–H groups in total. The maximum Gasteiger partial charge on any atom is 0.184 e. The first-order chi connectivity index (χ1) is 9.09. The van der Waals surface area contributed by atoms with Crippen LogP contribution in [0, 0.1) is 5.41 Å². The Hall–Kier alpha value is -1.27. The van der Waals surface area contributed by atoms with Crippen molar-refractivity contribution in [3.8, 4) is 10.8 Å². The standard InChI is InChI=1S/C13H19N5S/c1-4-14-8-5-13(2,3)6-9-10(8)19-12(17-9)11-15-7-16-18-11/h7-8,14H,4-6H2,1-3H3,(H,15,16,18). The number of fused-ring (bicyclic) bond motifs is 1. The predicted octanol–water partition coefficient (Wildman–Crippen LogP) is 2.55. The lowest BCUT2D eigenvalue weighted by Gasteiger charge is -2.34. The van der Waals surface area contributed by atoms with Gasteiger partial charge in [-0.2, -0.15) is 5.10 Å². The number of aromatic amines is 1. The molecule has 0 aliphatic heterocycles. The summed E-state index contributed by atoms with van der Waals surface area (Å²) in [7, 11) is 0. The smallest absolute Gasteiger partial charge is 0.184 e. The summed E-state index contributed by atoms with van der Waals surface area (Å²) in [5, 5.41) is 11.3. The topological polar surface area (TPSA) is 66.5 Å². The van der Waals surface area contributed by atoms with E-state index in [4.69, 9.17) is 4.98 Å². The highest BCUT2D eigenvalue weighted by Crippen LogP contribution is 2.44. The van der Waals surface area contributed by atoms with E-state index in [-0.39, 0.29) is 0 Å². The second-order valence-electron chi connectivity index (χ2n) is 5.82. The van der Waals surface area contributed by atoms with Gasteiger partial charge in [0.15, 0.2) is 10.8 Å². The number of hydrogen-bond acceptors (Lipinski definition) is 5. The van der Waals surface area contributed by atoms with Crippen molar-refractivity contribution in [2.24, 2.45) is 5.41 Å². The summed E-state index contributed by atoms with van der Waals surface area (Å²) < 4.78 is 0. The van der Waals surface area contributed by atoms with Crippen LogP contribution in [0.25, 0.3) is 10.8 Å². The van der Waals surface area contributed by atoms with Gasteiger partial charge in [-0.05, 0) is 24.8 Å². The van der Waals surface area contributed by atoms with Gasteiger partial charge in [-0.1, -0.05) is 20.8 Å². The van der Waals surface area contributed by atoms with Gasteiger partial charge in [0.25, 0.3) is 0 Å². The Morgan fingerprint density at radius 2 is 2.37 bits per heavy atom. The molecule has 0 fully saturated rings. The fraction of sp³-hybridized carbons (Fsp3) is 0.615. The molecule has 1 atom stereocenters. The second kappa shape index (κ2) is 4.68. The van der Waals surface area contributed by atoms with Gasteiger partial charge in [0, 0.05) is 10.9 Å². The Bertz CT molecular complexity index is 558. The quantitative estimate of drug-likeness (QED) is 0.905. The van der Waals surface area contributed by atoms with E-state index >= 15 is 0 Å². The van der Waals surface area contributed by atoms with Crippen LogP contribution in [0.3, 0.4) is 0 Å². The molecule has 0 aromatic carbocycles. The van der Waals surface area contributed by atoms with E-state index in [1.54, 1.807) is 11.3 Å². The molecule has 0 saturated carbocycles. The maximum absolute atomic E-state index is 4.77. The minimum Gasteiger partial charge on any atom is -0.309 e. The van der Waals surface area contributed by atoms with Crippen LogP contribution in [0.2, 0.25) is 0 Å². The average molecular weight is 277 g/mol. The molecule has 102 valence electrons. The Kier molecular flexibility index (Phi) is 3.14. The van der Waals surface area contributed by atoms with Gasteiger partial charge >= 0.3 is 0 Å². The zero-order chi connectivity index (χ0) is 13.5. The zero-order valence-electron chi connectivity index (χ0n) is 11.5. The SMILES string of the molecule is CCNC1CC(C)(C)Cc2nc(-c3ncn[nH]3)sc21. The molecule has 1 aliphatic rings. The van der Waals surface area contributed by atoms with Gasteiger partial charge in [0.2, 0.25) is 0 Å². The normalized spacial score (nSPS) is 21.3. The lowest BCUT2D eigenvalue weighted by molar-refractivity contribution is 0.260. The monoisotopic (exact) mass is 277 g/mol. The van der Waals surface area contributed by atoms with E-state index in [0.717, 1.165) is 30.2 Å². The molecule has 5 nitrogen and oxygen atoms in total. The van der Waals surface area contributed by atoms with Crippen molar-refractivity contribution in [3.05, 3.63) is 16.9 Å². The molecule has 2 aromatic rings. The lowest BCUT2D eigenvalue weighted by atomic mass is 9.76. The summed E-state index contributed by atoms with van der Waals surface area (Å²) in [6, 6.07) is 0.415. The van der Waals surface area contributed by atoms with Crippen molar-refractivity contribution in [1.82, 2.24) is 25.5 Å². The molecular formula is C13H19N5S. The van der Waals surface area contributed by atoms with E-state index in [2.05, 4.69) is 41.3 Å². The van der Waals surface area contributed by atoms with Crippen LogP contribution < -0.4 is 5.32 Å². The van der Waals surface area contributed by atoms with E-state index in [9.17, 15) is 0 Å². The van der Waals surface area contributed by atoms with Crippen LogP contribution in [0.4, 0.5) is 0 Å². The van der Waals surface area contributed by atoms with Crippen molar-refractivity contribution in [3.63, 3.8) is 0 Å². The molecule has 0 saturated heterocycles. The van der Waals surface area contributed by atoms with Gasteiger partial charge in [0.05, 0.1) is 5.69 Å². The number of aromatic nitrogens is 4. The Morgan fingerprint density at radius 3 is 3.05 bits per heavy atom. The molecule has 3 rings (SSSR count). The van der Waals surface area contributed by atoms with Crippen molar-refractivity contribution in [2.75, 3.05) is 6.54 Å². The third-order valence-electron chi connectivity index (χ3n) is 3.51. The molecule has 0 spiro atoms. The summed E-state index contributed by atoms with van der Waals surface area (Å²) in [4.78, 5) is 10.3. The van der Waals surface area contributed by atoms with Gasteiger partial charge in [-0.15, -0.1) is 11.3 Å². The Morgan fingerprint density at radius 1 is 1.53 bits per heavy atom. The molecule has 0 radical (unpaired) electrons. The molecule has 2 heterocycles. The van der Waals surface area contributed by atoms with Gasteiger partial charge in [-0.3, -0.25) is 5.10 Å². The molecule has 0 amide bonds. The van der Waals surface area contributed by atoms with E-state index in [0.29, 0.717) is 11.5 Å². The summed E-state index contributed by atoms with van der Waals surface area (Å²) in [6.07, 6.45) is 3.72. The number of H-pyrrole nitrogens is 1. The Balaban J connectivity index is 2.00. The van der Waals surface area contributed by atoms with Crippen molar-refractivity contribution in [1.29, 1.82) is 0 Å². The fourth-order valence-electron chi connectivity index (χ4n) is 2.75. The van der Waals surface area contributed by atoms with Crippen LogP contribution in [-0.4, -0.2) is 26.7 Å². The largest absolute Gasteiger partial charge is 0.309 e. The summed E-state index contributed by atoms with van der Waals surface area (Å²) >= 11 is 1.73. The zero-order valence-corrected chi connectivity index (χ0v) is 12.3. The minimum atomic E-state index is 0.298. The van der Waals surface area contributed by atoms with Gasteiger partial charge in [0.1, 0.15) is 6.33 Å². The lowest BCUT2D eigenvalue weighted by Crippen LogP contribution is -2.32. The third-order valence-corrected chi connectivity index (χ3v) is 4.73. The molecular weight excluding hydrogens is 258 g/mol. The number of rotatable bonds is 3. The first kappa shape index (κ1) is 12.7. The minimum absolute atomic E-state index is 0.298. The molecule has 6 heteroatoms. The van der Waals surface area contributed by atoms with Crippen LogP contribution >= 0.6 is 11.3 Å². The number of nitrogens with one attached hydrogen (secondary N) is 2. The summed E-state index contributed by atoms with van der Waals surface area (Å²) in [5.41, 5.74) is 1.52. The van der Waals surface area contributed by atoms with Crippen molar-refractivity contribution < 1.29 is 0 Å². The van der Waals surface area contributed by atoms with Crippen LogP contribution in [0.15, 0.2) is 6.33 Å². The highest BCUT2D eigenvalue weighted by Gasteiger charge is 2.34. The van der Waals surface area contributed by atoms with E-state index < -0.39 is 0 Å². The molecule has 19 heavy (non-hydrogen) atoms.